The number of rotatable bonds is 6. The Kier molecular flexibility index (Phi) is 4.92. The van der Waals surface area contributed by atoms with E-state index < -0.39 is 10.0 Å². The van der Waals surface area contributed by atoms with Gasteiger partial charge in [0.25, 0.3) is 0 Å². The molecule has 17 heavy (non-hydrogen) atoms. The fourth-order valence-corrected chi connectivity index (χ4v) is 2.92. The third-order valence-corrected chi connectivity index (χ3v) is 4.02. The van der Waals surface area contributed by atoms with Crippen molar-refractivity contribution in [1.82, 2.24) is 4.72 Å². The van der Waals surface area contributed by atoms with Crippen LogP contribution in [-0.4, -0.2) is 28.1 Å². The van der Waals surface area contributed by atoms with E-state index >= 15 is 0 Å². The lowest BCUT2D eigenvalue weighted by Gasteiger charge is -2.16. The van der Waals surface area contributed by atoms with Gasteiger partial charge in [-0.05, 0) is 18.6 Å². The smallest absolute Gasteiger partial charge is 0.244 e. The zero-order valence-electron chi connectivity index (χ0n) is 10.0. The number of methoxy groups -OCH3 is 1. The lowest BCUT2D eigenvalue weighted by atomic mass is 10.2. The number of nitrogens with two attached hydrogens (primary N) is 1. The molecule has 0 amide bonds. The molecule has 1 atom stereocenters. The normalized spacial score (nSPS) is 13.4. The minimum atomic E-state index is -3.58. The highest BCUT2D eigenvalue weighted by Gasteiger charge is 2.21. The van der Waals surface area contributed by atoms with Crippen molar-refractivity contribution in [3.63, 3.8) is 0 Å². The minimum Gasteiger partial charge on any atom is -0.495 e. The SMILES string of the molecule is CCC(CN)NS(=O)(=O)c1ccccc1OC. The Balaban J connectivity index is 3.04. The van der Waals surface area contributed by atoms with Crippen molar-refractivity contribution in [2.75, 3.05) is 13.7 Å². The minimum absolute atomic E-state index is 0.134. The van der Waals surface area contributed by atoms with Gasteiger partial charge in [-0.2, -0.15) is 0 Å². The van der Waals surface area contributed by atoms with Crippen LogP contribution >= 0.6 is 0 Å². The second-order valence-electron chi connectivity index (χ2n) is 3.61. The number of hydrogen-bond donors (Lipinski definition) is 2. The summed E-state index contributed by atoms with van der Waals surface area (Å²) in [5.74, 6) is 0.326. The van der Waals surface area contributed by atoms with E-state index in [4.69, 9.17) is 10.5 Å². The van der Waals surface area contributed by atoms with Crippen molar-refractivity contribution in [3.05, 3.63) is 24.3 Å². The fraction of sp³-hybridized carbons (Fsp3) is 0.455. The molecule has 6 heteroatoms. The van der Waals surface area contributed by atoms with E-state index in [0.29, 0.717) is 12.2 Å². The van der Waals surface area contributed by atoms with Gasteiger partial charge in [0.1, 0.15) is 10.6 Å². The van der Waals surface area contributed by atoms with Gasteiger partial charge in [0.05, 0.1) is 7.11 Å². The molecule has 0 aliphatic rings. The summed E-state index contributed by atoms with van der Waals surface area (Å²) in [6, 6.07) is 6.23. The summed E-state index contributed by atoms with van der Waals surface area (Å²) in [7, 11) is -2.14. The number of benzene rings is 1. The van der Waals surface area contributed by atoms with Gasteiger partial charge < -0.3 is 10.5 Å². The van der Waals surface area contributed by atoms with Crippen LogP contribution in [0.4, 0.5) is 0 Å². The molecule has 0 bridgehead atoms. The second-order valence-corrected chi connectivity index (χ2v) is 5.30. The molecule has 0 aliphatic carbocycles. The molecule has 0 aliphatic heterocycles. The maximum absolute atomic E-state index is 12.1. The van der Waals surface area contributed by atoms with Crippen LogP contribution in [0.3, 0.4) is 0 Å². The standard InChI is InChI=1S/C11H18N2O3S/c1-3-9(8-12)13-17(14,15)11-7-5-4-6-10(11)16-2/h4-7,9,13H,3,8,12H2,1-2H3. The van der Waals surface area contributed by atoms with Gasteiger partial charge in [-0.25, -0.2) is 13.1 Å². The van der Waals surface area contributed by atoms with Crippen LogP contribution in [0.2, 0.25) is 0 Å². The van der Waals surface area contributed by atoms with Crippen LogP contribution in [0.1, 0.15) is 13.3 Å². The Bertz CT molecular complexity index is 456. The average molecular weight is 258 g/mol. The molecule has 96 valence electrons. The molecule has 0 aromatic heterocycles. The summed E-state index contributed by atoms with van der Waals surface area (Å²) >= 11 is 0. The molecule has 0 fully saturated rings. The Labute approximate surface area is 102 Å². The third kappa shape index (κ3) is 3.42. The van der Waals surface area contributed by atoms with Crippen molar-refractivity contribution < 1.29 is 13.2 Å². The molecule has 0 heterocycles. The highest BCUT2D eigenvalue weighted by Crippen LogP contribution is 2.22. The number of hydrogen-bond acceptors (Lipinski definition) is 4. The summed E-state index contributed by atoms with van der Waals surface area (Å²) in [5.41, 5.74) is 5.48. The molecule has 0 spiro atoms. The van der Waals surface area contributed by atoms with Gasteiger partial charge in [0.15, 0.2) is 0 Å². The van der Waals surface area contributed by atoms with Crippen molar-refractivity contribution in [3.8, 4) is 5.75 Å². The van der Waals surface area contributed by atoms with Crippen molar-refractivity contribution >= 4 is 10.0 Å². The molecule has 1 aromatic carbocycles. The van der Waals surface area contributed by atoms with Crippen LogP contribution in [0.5, 0.6) is 5.75 Å². The van der Waals surface area contributed by atoms with Gasteiger partial charge in [-0.1, -0.05) is 19.1 Å². The largest absolute Gasteiger partial charge is 0.495 e. The van der Waals surface area contributed by atoms with Gasteiger partial charge in [-0.15, -0.1) is 0 Å². The first-order chi connectivity index (χ1) is 8.05. The average Bonchev–Trinajstić information content (AvgIpc) is 2.35. The van der Waals surface area contributed by atoms with Gasteiger partial charge in [0.2, 0.25) is 10.0 Å². The number of nitrogens with one attached hydrogen (secondary N) is 1. The second kappa shape index (κ2) is 6.00. The van der Waals surface area contributed by atoms with Gasteiger partial charge in [-0.3, -0.25) is 0 Å². The van der Waals surface area contributed by atoms with Gasteiger partial charge in [0, 0.05) is 12.6 Å². The summed E-state index contributed by atoms with van der Waals surface area (Å²) in [5, 5.41) is 0. The van der Waals surface area contributed by atoms with E-state index in [-0.39, 0.29) is 17.5 Å². The molecule has 3 N–H and O–H groups in total. The molecule has 0 radical (unpaired) electrons. The highest BCUT2D eigenvalue weighted by molar-refractivity contribution is 7.89. The van der Waals surface area contributed by atoms with Crippen molar-refractivity contribution in [1.29, 1.82) is 0 Å². The predicted molar refractivity (Wildman–Crippen MR) is 66.4 cm³/mol. The number of para-hydroxylation sites is 1. The van der Waals surface area contributed by atoms with E-state index in [1.165, 1.54) is 13.2 Å². The first-order valence-corrected chi connectivity index (χ1v) is 6.88. The van der Waals surface area contributed by atoms with E-state index in [9.17, 15) is 8.42 Å². The van der Waals surface area contributed by atoms with Crippen molar-refractivity contribution in [2.24, 2.45) is 5.73 Å². The number of sulfonamides is 1. The summed E-state index contributed by atoms with van der Waals surface area (Å²) in [4.78, 5) is 0.134. The monoisotopic (exact) mass is 258 g/mol. The zero-order valence-corrected chi connectivity index (χ0v) is 10.8. The molecule has 0 saturated heterocycles. The fourth-order valence-electron chi connectivity index (χ4n) is 1.42. The van der Waals surface area contributed by atoms with Gasteiger partial charge >= 0.3 is 0 Å². The number of ether oxygens (including phenoxy) is 1. The molecular formula is C11H18N2O3S. The molecule has 1 rings (SSSR count). The molecule has 5 nitrogen and oxygen atoms in total. The summed E-state index contributed by atoms with van der Waals surface area (Å²) in [6.07, 6.45) is 0.644. The maximum atomic E-state index is 12.1. The molecule has 1 aromatic rings. The van der Waals surface area contributed by atoms with E-state index in [1.54, 1.807) is 18.2 Å². The Hall–Kier alpha value is -1.11. The topological polar surface area (TPSA) is 81.4 Å². The summed E-state index contributed by atoms with van der Waals surface area (Å²) < 4.78 is 31.8. The first kappa shape index (κ1) is 14.0. The third-order valence-electron chi connectivity index (χ3n) is 2.46. The van der Waals surface area contributed by atoms with Crippen LogP contribution in [0, 0.1) is 0 Å². The van der Waals surface area contributed by atoms with E-state index in [1.807, 2.05) is 6.92 Å². The van der Waals surface area contributed by atoms with Crippen LogP contribution in [-0.2, 0) is 10.0 Å². The van der Waals surface area contributed by atoms with E-state index in [0.717, 1.165) is 0 Å². The van der Waals surface area contributed by atoms with Crippen LogP contribution in [0.15, 0.2) is 29.2 Å². The Morgan fingerprint density at radius 1 is 1.41 bits per heavy atom. The lowest BCUT2D eigenvalue weighted by Crippen LogP contribution is -2.39. The van der Waals surface area contributed by atoms with E-state index in [2.05, 4.69) is 4.72 Å². The highest BCUT2D eigenvalue weighted by atomic mass is 32.2. The maximum Gasteiger partial charge on any atom is 0.244 e. The lowest BCUT2D eigenvalue weighted by molar-refractivity contribution is 0.402. The van der Waals surface area contributed by atoms with Crippen LogP contribution in [0.25, 0.3) is 0 Å². The zero-order chi connectivity index (χ0) is 12.9. The van der Waals surface area contributed by atoms with Crippen molar-refractivity contribution in [2.45, 2.75) is 24.3 Å². The summed E-state index contributed by atoms with van der Waals surface area (Å²) in [6.45, 7) is 2.15. The van der Waals surface area contributed by atoms with Crippen LogP contribution < -0.4 is 15.2 Å². The predicted octanol–water partition coefficient (Wildman–Crippen LogP) is 0.711. The Morgan fingerprint density at radius 3 is 2.59 bits per heavy atom. The quantitative estimate of drug-likeness (QED) is 0.787. The molecule has 0 saturated carbocycles. The Morgan fingerprint density at radius 2 is 2.06 bits per heavy atom. The molecule has 1 unspecified atom stereocenters. The molecular weight excluding hydrogens is 240 g/mol. The first-order valence-electron chi connectivity index (χ1n) is 5.40.